The molecule has 2 rings (SSSR count). The van der Waals surface area contributed by atoms with E-state index < -0.39 is 16.8 Å². The molecule has 1 aliphatic heterocycles. The maximum Gasteiger partial charge on any atom is 0.337 e. The van der Waals surface area contributed by atoms with Gasteiger partial charge in [0.25, 0.3) is 0 Å². The molecule has 5 nitrogen and oxygen atoms in total. The third-order valence-electron chi connectivity index (χ3n) is 2.81. The van der Waals surface area contributed by atoms with Gasteiger partial charge >= 0.3 is 5.97 Å². The molecule has 1 heterocycles. The van der Waals surface area contributed by atoms with Gasteiger partial charge in [0.1, 0.15) is 0 Å². The summed E-state index contributed by atoms with van der Waals surface area (Å²) in [7, 11) is -0.719. The van der Waals surface area contributed by atoms with Crippen LogP contribution in [0.15, 0.2) is 18.2 Å². The second-order valence-corrected chi connectivity index (χ2v) is 5.61. The molecule has 1 aromatic carbocycles. The highest BCUT2D eigenvalue weighted by Crippen LogP contribution is 2.22. The van der Waals surface area contributed by atoms with Crippen molar-refractivity contribution in [2.45, 2.75) is 0 Å². The molecule has 3 N–H and O–H groups in total. The van der Waals surface area contributed by atoms with E-state index in [-0.39, 0.29) is 11.3 Å². The van der Waals surface area contributed by atoms with Gasteiger partial charge in [-0.25, -0.2) is 4.79 Å². The number of carbonyl (C=O) groups is 1. The van der Waals surface area contributed by atoms with Crippen LogP contribution in [-0.2, 0) is 10.8 Å². The van der Waals surface area contributed by atoms with Crippen molar-refractivity contribution in [1.82, 2.24) is 0 Å². The SMILES string of the molecule is Nc1cc(N2CCS(=O)CC2)ccc1C(=O)O. The number of nitrogen functional groups attached to an aromatic ring is 1. The van der Waals surface area contributed by atoms with Crippen molar-refractivity contribution < 1.29 is 14.1 Å². The van der Waals surface area contributed by atoms with E-state index in [1.165, 1.54) is 6.07 Å². The minimum absolute atomic E-state index is 0.120. The molecule has 17 heavy (non-hydrogen) atoms. The second kappa shape index (κ2) is 4.75. The summed E-state index contributed by atoms with van der Waals surface area (Å²) < 4.78 is 11.2. The normalized spacial score (nSPS) is 17.1. The van der Waals surface area contributed by atoms with E-state index in [2.05, 4.69) is 4.90 Å². The summed E-state index contributed by atoms with van der Waals surface area (Å²) in [4.78, 5) is 12.9. The van der Waals surface area contributed by atoms with Crippen LogP contribution in [0.3, 0.4) is 0 Å². The molecule has 1 aromatic rings. The van der Waals surface area contributed by atoms with E-state index in [9.17, 15) is 9.00 Å². The molecule has 0 amide bonds. The summed E-state index contributed by atoms with van der Waals surface area (Å²) in [5.41, 5.74) is 6.97. The van der Waals surface area contributed by atoms with E-state index in [1.807, 2.05) is 0 Å². The van der Waals surface area contributed by atoms with Gasteiger partial charge < -0.3 is 15.7 Å². The Morgan fingerprint density at radius 2 is 2.00 bits per heavy atom. The molecular weight excluding hydrogens is 240 g/mol. The first kappa shape index (κ1) is 11.9. The quantitative estimate of drug-likeness (QED) is 0.752. The van der Waals surface area contributed by atoms with E-state index in [0.29, 0.717) is 11.5 Å². The average molecular weight is 254 g/mol. The molecular formula is C11H14N2O3S. The van der Waals surface area contributed by atoms with Crippen LogP contribution in [0.1, 0.15) is 10.4 Å². The number of carboxylic acids is 1. The maximum atomic E-state index is 11.2. The zero-order valence-electron chi connectivity index (χ0n) is 9.26. The third kappa shape index (κ3) is 2.58. The van der Waals surface area contributed by atoms with Crippen LogP contribution in [0.4, 0.5) is 11.4 Å². The lowest BCUT2D eigenvalue weighted by Crippen LogP contribution is -2.37. The van der Waals surface area contributed by atoms with Crippen molar-refractivity contribution in [3.8, 4) is 0 Å². The molecule has 0 unspecified atom stereocenters. The molecule has 1 fully saturated rings. The summed E-state index contributed by atoms with van der Waals surface area (Å²) in [6, 6.07) is 4.92. The minimum atomic E-state index is -1.02. The molecule has 0 aromatic heterocycles. The van der Waals surface area contributed by atoms with Gasteiger partial charge in [-0.2, -0.15) is 0 Å². The zero-order chi connectivity index (χ0) is 12.4. The Morgan fingerprint density at radius 1 is 1.35 bits per heavy atom. The summed E-state index contributed by atoms with van der Waals surface area (Å²) in [5, 5.41) is 8.87. The standard InChI is InChI=1S/C11H14N2O3S/c12-10-7-8(1-2-9(10)11(14)15)13-3-5-17(16)6-4-13/h1-2,7H,3-6,12H2,(H,14,15). The first-order valence-electron chi connectivity index (χ1n) is 5.30. The Bertz CT molecular complexity index is 466. The number of nitrogens with zero attached hydrogens (tertiary/aromatic N) is 1. The van der Waals surface area contributed by atoms with Crippen LogP contribution >= 0.6 is 0 Å². The Morgan fingerprint density at radius 3 is 2.53 bits per heavy atom. The highest BCUT2D eigenvalue weighted by molar-refractivity contribution is 7.85. The fourth-order valence-electron chi connectivity index (χ4n) is 1.84. The maximum absolute atomic E-state index is 11.2. The molecule has 0 bridgehead atoms. The molecule has 0 spiro atoms. The lowest BCUT2D eigenvalue weighted by Gasteiger charge is -2.28. The molecule has 0 saturated carbocycles. The van der Waals surface area contributed by atoms with Crippen LogP contribution in [0.5, 0.6) is 0 Å². The number of aromatic carboxylic acids is 1. The molecule has 0 radical (unpaired) electrons. The Labute approximate surface area is 102 Å². The third-order valence-corrected chi connectivity index (χ3v) is 4.08. The minimum Gasteiger partial charge on any atom is -0.478 e. The number of hydrogen-bond acceptors (Lipinski definition) is 4. The van der Waals surface area contributed by atoms with Gasteiger partial charge in [0.05, 0.1) is 5.56 Å². The highest BCUT2D eigenvalue weighted by atomic mass is 32.2. The van der Waals surface area contributed by atoms with Gasteiger partial charge in [-0.15, -0.1) is 0 Å². The van der Waals surface area contributed by atoms with Crippen molar-refractivity contribution in [3.05, 3.63) is 23.8 Å². The van der Waals surface area contributed by atoms with Gasteiger partial charge in [0.15, 0.2) is 0 Å². The predicted molar refractivity (Wildman–Crippen MR) is 67.9 cm³/mol. The van der Waals surface area contributed by atoms with E-state index in [1.54, 1.807) is 12.1 Å². The summed E-state index contributed by atoms with van der Waals surface area (Å²) in [5.74, 6) is 0.287. The van der Waals surface area contributed by atoms with Crippen molar-refractivity contribution >= 4 is 28.1 Å². The molecule has 0 aliphatic carbocycles. The number of anilines is 2. The summed E-state index contributed by atoms with van der Waals surface area (Å²) in [6.07, 6.45) is 0. The molecule has 6 heteroatoms. The van der Waals surface area contributed by atoms with Crippen molar-refractivity contribution in [3.63, 3.8) is 0 Å². The lowest BCUT2D eigenvalue weighted by molar-refractivity contribution is 0.0698. The smallest absolute Gasteiger partial charge is 0.337 e. The monoisotopic (exact) mass is 254 g/mol. The highest BCUT2D eigenvalue weighted by Gasteiger charge is 2.17. The predicted octanol–water partition coefficient (Wildman–Crippen LogP) is 0.536. The van der Waals surface area contributed by atoms with E-state index in [4.69, 9.17) is 10.8 Å². The number of hydrogen-bond donors (Lipinski definition) is 2. The lowest BCUT2D eigenvalue weighted by atomic mass is 10.1. The van der Waals surface area contributed by atoms with Gasteiger partial charge in [-0.3, -0.25) is 4.21 Å². The molecule has 1 saturated heterocycles. The Balaban J connectivity index is 2.20. The summed E-state index contributed by atoms with van der Waals surface area (Å²) >= 11 is 0. The Hall–Kier alpha value is -1.56. The molecule has 1 aliphatic rings. The van der Waals surface area contributed by atoms with Crippen LogP contribution in [0.25, 0.3) is 0 Å². The van der Waals surface area contributed by atoms with Crippen molar-refractivity contribution in [2.24, 2.45) is 0 Å². The van der Waals surface area contributed by atoms with E-state index >= 15 is 0 Å². The van der Waals surface area contributed by atoms with Gasteiger partial charge in [-0.1, -0.05) is 0 Å². The fourth-order valence-corrected chi connectivity index (χ4v) is 2.89. The number of nitrogens with two attached hydrogens (primary N) is 1. The number of carboxylic acid groups (broad SMARTS) is 1. The Kier molecular flexibility index (Phi) is 3.33. The van der Waals surface area contributed by atoms with E-state index in [0.717, 1.165) is 18.8 Å². The van der Waals surface area contributed by atoms with Gasteiger partial charge in [0, 0.05) is 46.8 Å². The number of rotatable bonds is 2. The topological polar surface area (TPSA) is 83.6 Å². The largest absolute Gasteiger partial charge is 0.478 e. The van der Waals surface area contributed by atoms with Crippen LogP contribution in [0, 0.1) is 0 Å². The first-order valence-corrected chi connectivity index (χ1v) is 6.79. The van der Waals surface area contributed by atoms with Crippen molar-refractivity contribution in [2.75, 3.05) is 35.2 Å². The zero-order valence-corrected chi connectivity index (χ0v) is 10.1. The van der Waals surface area contributed by atoms with Crippen LogP contribution in [0.2, 0.25) is 0 Å². The van der Waals surface area contributed by atoms with Crippen LogP contribution < -0.4 is 10.6 Å². The second-order valence-electron chi connectivity index (χ2n) is 3.91. The van der Waals surface area contributed by atoms with Crippen LogP contribution in [-0.4, -0.2) is 39.9 Å². The molecule has 92 valence electrons. The number of benzene rings is 1. The van der Waals surface area contributed by atoms with Crippen molar-refractivity contribution in [1.29, 1.82) is 0 Å². The fraction of sp³-hybridized carbons (Fsp3) is 0.364. The van der Waals surface area contributed by atoms with Gasteiger partial charge in [-0.05, 0) is 18.2 Å². The summed E-state index contributed by atoms with van der Waals surface area (Å²) in [6.45, 7) is 1.44. The van der Waals surface area contributed by atoms with Gasteiger partial charge in [0.2, 0.25) is 0 Å². The first-order chi connectivity index (χ1) is 8.08. The average Bonchev–Trinajstić information content (AvgIpc) is 2.29. The molecule has 0 atom stereocenters.